The summed E-state index contributed by atoms with van der Waals surface area (Å²) in [6.07, 6.45) is 54.0. The standard InChI is InChI=1S/C75H146O17P2/c1-7-9-11-13-15-17-18-19-20-23-30-35-41-47-53-59-74(79)91-70(63-85-72(77)57-51-45-39-16-14-12-10-8-2)65-89-93(81,82)87-61-69(76)62-88-94(83,84)90-66-71(64-86-73(78)58-52-46-40-34-29-26-25-28-33-38-44-50-56-68(5)6)92-75(80)60-54-48-42-36-31-24-21-22-27-32-37-43-49-55-67(3)4/h67-71,76H,7-66H2,1-6H3,(H,81,82)(H,83,84)/t69-,70+,71+/m0/s1. The second kappa shape index (κ2) is 66.9. The smallest absolute Gasteiger partial charge is 0.462 e. The molecular weight excluding hydrogens is 1230 g/mol. The molecule has 558 valence electrons. The van der Waals surface area contributed by atoms with E-state index in [1.807, 2.05) is 0 Å². The van der Waals surface area contributed by atoms with Crippen molar-refractivity contribution in [2.45, 2.75) is 407 Å². The lowest BCUT2D eigenvalue weighted by Crippen LogP contribution is -2.30. The van der Waals surface area contributed by atoms with Crippen LogP contribution in [0.25, 0.3) is 0 Å². The average molecular weight is 1380 g/mol. The lowest BCUT2D eigenvalue weighted by molar-refractivity contribution is -0.161. The lowest BCUT2D eigenvalue weighted by Gasteiger charge is -2.21. The van der Waals surface area contributed by atoms with Gasteiger partial charge in [-0.3, -0.25) is 37.3 Å². The lowest BCUT2D eigenvalue weighted by atomic mass is 10.0. The van der Waals surface area contributed by atoms with Crippen LogP contribution < -0.4 is 0 Å². The molecule has 5 atom stereocenters. The highest BCUT2D eigenvalue weighted by molar-refractivity contribution is 7.47. The van der Waals surface area contributed by atoms with Crippen LogP contribution in [0.3, 0.4) is 0 Å². The van der Waals surface area contributed by atoms with Gasteiger partial charge in [0.15, 0.2) is 12.2 Å². The number of aliphatic hydroxyl groups is 1. The molecule has 17 nitrogen and oxygen atoms in total. The number of hydrogen-bond donors (Lipinski definition) is 3. The van der Waals surface area contributed by atoms with Gasteiger partial charge in [0.05, 0.1) is 26.4 Å². The summed E-state index contributed by atoms with van der Waals surface area (Å²) in [5.41, 5.74) is 0. The Hall–Kier alpha value is -1.94. The van der Waals surface area contributed by atoms with E-state index in [1.165, 1.54) is 199 Å². The molecule has 0 aliphatic rings. The van der Waals surface area contributed by atoms with Gasteiger partial charge in [0.25, 0.3) is 0 Å². The number of carbonyl (C=O) groups excluding carboxylic acids is 4. The minimum atomic E-state index is -4.96. The zero-order valence-corrected chi connectivity index (χ0v) is 63.1. The quantitative estimate of drug-likeness (QED) is 0.0222. The number of rotatable bonds is 74. The van der Waals surface area contributed by atoms with Crippen LogP contribution in [0.4, 0.5) is 0 Å². The minimum Gasteiger partial charge on any atom is -0.462 e. The molecule has 0 rings (SSSR count). The molecule has 2 unspecified atom stereocenters. The number of ether oxygens (including phenoxy) is 4. The number of phosphoric acid groups is 2. The van der Waals surface area contributed by atoms with Gasteiger partial charge in [-0.2, -0.15) is 0 Å². The highest BCUT2D eigenvalue weighted by atomic mass is 31.2. The third kappa shape index (κ3) is 68.6. The van der Waals surface area contributed by atoms with Gasteiger partial charge in [-0.05, 0) is 37.5 Å². The normalized spacial score (nSPS) is 14.0. The van der Waals surface area contributed by atoms with Crippen LogP contribution in [-0.2, 0) is 65.4 Å². The minimum absolute atomic E-state index is 0.107. The summed E-state index contributed by atoms with van der Waals surface area (Å²) in [5, 5.41) is 10.6. The number of hydrogen-bond acceptors (Lipinski definition) is 15. The fraction of sp³-hybridized carbons (Fsp3) is 0.947. The van der Waals surface area contributed by atoms with Crippen LogP contribution in [0.1, 0.15) is 388 Å². The fourth-order valence-electron chi connectivity index (χ4n) is 11.5. The molecule has 0 aliphatic carbocycles. The molecule has 3 N–H and O–H groups in total. The first-order chi connectivity index (χ1) is 45.4. The molecule has 19 heteroatoms. The van der Waals surface area contributed by atoms with Crippen LogP contribution in [-0.4, -0.2) is 96.7 Å². The Morgan fingerprint density at radius 2 is 0.489 bits per heavy atom. The molecule has 0 aromatic carbocycles. The van der Waals surface area contributed by atoms with Gasteiger partial charge in [-0.1, -0.05) is 337 Å². The van der Waals surface area contributed by atoms with Crippen molar-refractivity contribution < 1.29 is 80.2 Å². The van der Waals surface area contributed by atoms with Crippen LogP contribution >= 0.6 is 15.6 Å². The maximum atomic E-state index is 13.1. The zero-order chi connectivity index (χ0) is 69.3. The SMILES string of the molecule is CCCCCCCCCCCCCCCCCC(=O)O[C@H](COC(=O)CCCCCCCCCC)COP(=O)(O)OC[C@H](O)COP(=O)(O)OC[C@@H](COC(=O)CCCCCCCCCCCCCCC(C)C)OC(=O)CCCCCCCCCCCCCCCC(C)C. The van der Waals surface area contributed by atoms with E-state index in [-0.39, 0.29) is 25.7 Å². The molecule has 0 aromatic rings. The Morgan fingerprint density at radius 1 is 0.287 bits per heavy atom. The van der Waals surface area contributed by atoms with Gasteiger partial charge in [0.1, 0.15) is 19.3 Å². The Bertz CT molecular complexity index is 1820. The van der Waals surface area contributed by atoms with Crippen molar-refractivity contribution in [2.24, 2.45) is 11.8 Å². The second-order valence-corrected chi connectivity index (χ2v) is 30.9. The maximum absolute atomic E-state index is 13.1. The van der Waals surface area contributed by atoms with E-state index >= 15 is 0 Å². The summed E-state index contributed by atoms with van der Waals surface area (Å²) in [7, 11) is -9.91. The molecule has 0 amide bonds. The molecule has 0 aromatic heterocycles. The summed E-state index contributed by atoms with van der Waals surface area (Å²) in [5.74, 6) is -0.549. The summed E-state index contributed by atoms with van der Waals surface area (Å²) in [6.45, 7) is 9.60. The third-order valence-corrected chi connectivity index (χ3v) is 19.4. The van der Waals surface area contributed by atoms with E-state index in [9.17, 15) is 43.2 Å². The van der Waals surface area contributed by atoms with Crippen LogP contribution in [0.5, 0.6) is 0 Å². The number of unbranched alkanes of at least 4 members (excludes halogenated alkanes) is 44. The Labute approximate surface area is 575 Å². The molecule has 0 saturated carbocycles. The Morgan fingerprint density at radius 3 is 0.723 bits per heavy atom. The van der Waals surface area contributed by atoms with E-state index in [0.717, 1.165) is 108 Å². The third-order valence-electron chi connectivity index (χ3n) is 17.5. The van der Waals surface area contributed by atoms with Gasteiger partial charge in [-0.15, -0.1) is 0 Å². The van der Waals surface area contributed by atoms with E-state index in [4.69, 9.17) is 37.0 Å². The van der Waals surface area contributed by atoms with Gasteiger partial charge in [0, 0.05) is 25.7 Å². The molecule has 0 saturated heterocycles. The van der Waals surface area contributed by atoms with Crippen molar-refractivity contribution in [2.75, 3.05) is 39.6 Å². The molecule has 0 fully saturated rings. The summed E-state index contributed by atoms with van der Waals surface area (Å²) >= 11 is 0. The van der Waals surface area contributed by atoms with Crippen LogP contribution in [0.15, 0.2) is 0 Å². The first-order valence-corrected chi connectivity index (χ1v) is 42.0. The van der Waals surface area contributed by atoms with Crippen molar-refractivity contribution in [1.82, 2.24) is 0 Å². The van der Waals surface area contributed by atoms with Gasteiger partial charge < -0.3 is 33.8 Å². The first-order valence-electron chi connectivity index (χ1n) is 39.0. The fourth-order valence-corrected chi connectivity index (χ4v) is 13.1. The van der Waals surface area contributed by atoms with Crippen molar-refractivity contribution in [3.63, 3.8) is 0 Å². The second-order valence-electron chi connectivity index (χ2n) is 28.0. The van der Waals surface area contributed by atoms with Gasteiger partial charge in [0.2, 0.25) is 0 Å². The highest BCUT2D eigenvalue weighted by Crippen LogP contribution is 2.45. The average Bonchev–Trinajstić information content (AvgIpc) is 1.75. The summed E-state index contributed by atoms with van der Waals surface area (Å²) in [4.78, 5) is 72.7. The van der Waals surface area contributed by atoms with Crippen molar-refractivity contribution >= 4 is 39.5 Å². The molecular formula is C75H146O17P2. The van der Waals surface area contributed by atoms with Crippen molar-refractivity contribution in [3.8, 4) is 0 Å². The molecule has 0 radical (unpaired) electrons. The first kappa shape index (κ1) is 92.1. The van der Waals surface area contributed by atoms with E-state index in [2.05, 4.69) is 41.5 Å². The Balaban J connectivity index is 5.22. The molecule has 0 aliphatic heterocycles. The molecule has 94 heavy (non-hydrogen) atoms. The number of carbonyl (C=O) groups is 4. The van der Waals surface area contributed by atoms with Crippen LogP contribution in [0.2, 0.25) is 0 Å². The number of esters is 4. The predicted octanol–water partition coefficient (Wildman–Crippen LogP) is 21.9. The zero-order valence-electron chi connectivity index (χ0n) is 61.3. The summed E-state index contributed by atoms with van der Waals surface area (Å²) < 4.78 is 68.5. The van der Waals surface area contributed by atoms with Crippen molar-refractivity contribution in [3.05, 3.63) is 0 Å². The van der Waals surface area contributed by atoms with Crippen LogP contribution in [0, 0.1) is 11.8 Å². The number of aliphatic hydroxyl groups excluding tert-OH is 1. The van der Waals surface area contributed by atoms with Gasteiger partial charge in [-0.25, -0.2) is 9.13 Å². The van der Waals surface area contributed by atoms with E-state index < -0.39 is 97.5 Å². The van der Waals surface area contributed by atoms with Gasteiger partial charge >= 0.3 is 39.5 Å². The van der Waals surface area contributed by atoms with Crippen molar-refractivity contribution in [1.29, 1.82) is 0 Å². The van der Waals surface area contributed by atoms with E-state index in [0.29, 0.717) is 25.7 Å². The molecule has 0 spiro atoms. The molecule has 0 bridgehead atoms. The predicted molar refractivity (Wildman–Crippen MR) is 381 cm³/mol. The highest BCUT2D eigenvalue weighted by Gasteiger charge is 2.30. The van der Waals surface area contributed by atoms with E-state index in [1.54, 1.807) is 0 Å². The maximum Gasteiger partial charge on any atom is 0.472 e. The topological polar surface area (TPSA) is 237 Å². The largest absolute Gasteiger partial charge is 0.472 e. The Kier molecular flexibility index (Phi) is 65.5. The summed E-state index contributed by atoms with van der Waals surface area (Å²) in [6, 6.07) is 0. The molecule has 0 heterocycles. The monoisotopic (exact) mass is 1380 g/mol. The number of phosphoric ester groups is 2.